The second-order valence-electron chi connectivity index (χ2n) is 8.33. The molecule has 0 saturated carbocycles. The number of anilines is 2. The van der Waals surface area contributed by atoms with Crippen molar-refractivity contribution in [3.8, 4) is 17.2 Å². The number of nitrogen functional groups attached to an aromatic ring is 2. The van der Waals surface area contributed by atoms with E-state index in [1.54, 1.807) is 13.0 Å². The van der Waals surface area contributed by atoms with E-state index in [9.17, 15) is 18.0 Å². The summed E-state index contributed by atoms with van der Waals surface area (Å²) in [6, 6.07) is 8.52. The topological polar surface area (TPSA) is 96.2 Å². The Balaban J connectivity index is 1.44. The van der Waals surface area contributed by atoms with E-state index in [0.29, 0.717) is 22.3 Å². The van der Waals surface area contributed by atoms with Gasteiger partial charge in [0.2, 0.25) is 5.82 Å². The Morgan fingerprint density at radius 3 is 2.56 bits per heavy atom. The highest BCUT2D eigenvalue weighted by molar-refractivity contribution is 6.15. The average molecular weight is 494 g/mol. The number of allylic oxidation sites excluding steroid dienone is 1. The molecule has 3 aromatic carbocycles. The summed E-state index contributed by atoms with van der Waals surface area (Å²) in [6.07, 6.45) is 3.02. The SMILES string of the molecule is Cc1cc(Oc2cccc(F)c2F)cc(F)c1-n1ncc(C(=O)C2=Cc3cc(F)c(N)cc3C2)c1N. The van der Waals surface area contributed by atoms with Gasteiger partial charge in [0.1, 0.15) is 23.1 Å². The van der Waals surface area contributed by atoms with Crippen molar-refractivity contribution in [1.29, 1.82) is 0 Å². The Morgan fingerprint density at radius 1 is 1.03 bits per heavy atom. The van der Waals surface area contributed by atoms with Gasteiger partial charge in [0, 0.05) is 18.1 Å². The number of nitrogens with two attached hydrogens (primary N) is 2. The van der Waals surface area contributed by atoms with E-state index in [-0.39, 0.29) is 34.9 Å². The molecule has 10 heteroatoms. The summed E-state index contributed by atoms with van der Waals surface area (Å²) in [5, 5.41) is 4.09. The molecule has 1 aliphatic carbocycles. The number of carbonyl (C=O) groups is 1. The van der Waals surface area contributed by atoms with Crippen LogP contribution < -0.4 is 16.2 Å². The predicted molar refractivity (Wildman–Crippen MR) is 126 cm³/mol. The number of aryl methyl sites for hydroxylation is 1. The zero-order valence-corrected chi connectivity index (χ0v) is 18.8. The maximum atomic E-state index is 15.1. The van der Waals surface area contributed by atoms with Gasteiger partial charge < -0.3 is 16.2 Å². The van der Waals surface area contributed by atoms with Gasteiger partial charge in [-0.05, 0) is 60.0 Å². The fourth-order valence-corrected chi connectivity index (χ4v) is 4.14. The van der Waals surface area contributed by atoms with Crippen LogP contribution in [0.5, 0.6) is 11.5 Å². The number of fused-ring (bicyclic) bond motifs is 1. The van der Waals surface area contributed by atoms with Crippen LogP contribution in [-0.4, -0.2) is 15.6 Å². The van der Waals surface area contributed by atoms with Gasteiger partial charge in [0.15, 0.2) is 23.2 Å². The van der Waals surface area contributed by atoms with Crippen LogP contribution in [0.3, 0.4) is 0 Å². The van der Waals surface area contributed by atoms with E-state index in [1.165, 1.54) is 36.5 Å². The number of aromatic nitrogens is 2. The highest BCUT2D eigenvalue weighted by Crippen LogP contribution is 2.34. The molecule has 0 unspecified atom stereocenters. The first kappa shape index (κ1) is 23.2. The minimum Gasteiger partial charge on any atom is -0.454 e. The van der Waals surface area contributed by atoms with Crippen LogP contribution in [-0.2, 0) is 6.42 Å². The second kappa shape index (κ2) is 8.56. The van der Waals surface area contributed by atoms with Crippen molar-refractivity contribution in [2.24, 2.45) is 0 Å². The highest BCUT2D eigenvalue weighted by atomic mass is 19.2. The number of rotatable bonds is 5. The molecule has 0 aliphatic heterocycles. The van der Waals surface area contributed by atoms with Gasteiger partial charge in [-0.3, -0.25) is 4.79 Å². The number of hydrogen-bond donors (Lipinski definition) is 2. The van der Waals surface area contributed by atoms with Crippen LogP contribution in [0.15, 0.2) is 54.2 Å². The Kier molecular flexibility index (Phi) is 5.51. The zero-order valence-electron chi connectivity index (χ0n) is 18.8. The van der Waals surface area contributed by atoms with E-state index >= 15 is 4.39 Å². The summed E-state index contributed by atoms with van der Waals surface area (Å²) in [6.45, 7) is 1.55. The van der Waals surface area contributed by atoms with E-state index < -0.39 is 34.8 Å². The predicted octanol–water partition coefficient (Wildman–Crippen LogP) is 5.52. The van der Waals surface area contributed by atoms with E-state index in [0.717, 1.165) is 16.8 Å². The first-order valence-corrected chi connectivity index (χ1v) is 10.7. The Labute approximate surface area is 202 Å². The third-order valence-corrected chi connectivity index (χ3v) is 5.90. The molecule has 0 spiro atoms. The van der Waals surface area contributed by atoms with Gasteiger partial charge in [0.25, 0.3) is 0 Å². The number of ether oxygens (including phenoxy) is 1. The third-order valence-electron chi connectivity index (χ3n) is 5.90. The van der Waals surface area contributed by atoms with Gasteiger partial charge in [-0.2, -0.15) is 9.49 Å². The molecule has 182 valence electrons. The maximum Gasteiger partial charge on any atom is 0.201 e. The minimum absolute atomic E-state index is 0.0123. The summed E-state index contributed by atoms with van der Waals surface area (Å²) < 4.78 is 62.7. The summed E-state index contributed by atoms with van der Waals surface area (Å²) in [5.74, 6) is -4.70. The number of hydrogen-bond acceptors (Lipinski definition) is 5. The van der Waals surface area contributed by atoms with Crippen molar-refractivity contribution in [2.45, 2.75) is 13.3 Å². The monoisotopic (exact) mass is 494 g/mol. The molecule has 0 saturated heterocycles. The molecule has 1 heterocycles. The molecule has 5 rings (SSSR count). The Bertz CT molecular complexity index is 1570. The van der Waals surface area contributed by atoms with Crippen molar-refractivity contribution < 1.29 is 27.1 Å². The third kappa shape index (κ3) is 3.86. The van der Waals surface area contributed by atoms with Crippen molar-refractivity contribution in [3.05, 3.63) is 99.8 Å². The molecule has 0 fully saturated rings. The molecule has 0 amide bonds. The van der Waals surface area contributed by atoms with Gasteiger partial charge in [-0.15, -0.1) is 0 Å². The molecule has 4 aromatic rings. The number of benzene rings is 3. The second-order valence-corrected chi connectivity index (χ2v) is 8.33. The van der Waals surface area contributed by atoms with E-state index in [4.69, 9.17) is 16.2 Å². The molecule has 6 nitrogen and oxygen atoms in total. The molecule has 0 radical (unpaired) electrons. The fourth-order valence-electron chi connectivity index (χ4n) is 4.14. The van der Waals surface area contributed by atoms with Gasteiger partial charge in [0.05, 0.1) is 17.4 Å². The standard InChI is InChI=1S/C26H18F4N4O2/c1-12-5-16(36-22-4-2-3-18(27)23(22)30)10-20(29)24(12)34-26(32)17(11-33-34)25(35)15-6-13-8-19(28)21(31)9-14(13)7-15/h2-6,8-11H,7,31-32H2,1H3. The van der Waals surface area contributed by atoms with E-state index in [2.05, 4.69) is 5.10 Å². The first-order chi connectivity index (χ1) is 17.1. The average Bonchev–Trinajstić information content (AvgIpc) is 3.40. The number of carbonyl (C=O) groups excluding carboxylic acids is 1. The lowest BCUT2D eigenvalue weighted by molar-refractivity contribution is 0.103. The van der Waals surface area contributed by atoms with Crippen molar-refractivity contribution in [3.63, 3.8) is 0 Å². The Hall–Kier alpha value is -4.60. The number of nitrogens with zero attached hydrogens (tertiary/aromatic N) is 2. The molecule has 36 heavy (non-hydrogen) atoms. The van der Waals surface area contributed by atoms with Crippen LogP contribution >= 0.6 is 0 Å². The lowest BCUT2D eigenvalue weighted by atomic mass is 10.0. The summed E-state index contributed by atoms with van der Waals surface area (Å²) >= 11 is 0. The molecule has 1 aromatic heterocycles. The van der Waals surface area contributed by atoms with Crippen LogP contribution in [0.25, 0.3) is 11.8 Å². The highest BCUT2D eigenvalue weighted by Gasteiger charge is 2.26. The van der Waals surface area contributed by atoms with Gasteiger partial charge >= 0.3 is 0 Å². The quantitative estimate of drug-likeness (QED) is 0.217. The molecule has 4 N–H and O–H groups in total. The first-order valence-electron chi connectivity index (χ1n) is 10.7. The van der Waals surface area contributed by atoms with Crippen LogP contribution in [0, 0.1) is 30.2 Å². The Morgan fingerprint density at radius 2 is 1.81 bits per heavy atom. The maximum absolute atomic E-state index is 15.1. The van der Waals surface area contributed by atoms with Crippen LogP contribution in [0.1, 0.15) is 27.0 Å². The van der Waals surface area contributed by atoms with Crippen LogP contribution in [0.2, 0.25) is 0 Å². The fraction of sp³-hybridized carbons (Fsp3) is 0.0769. The zero-order chi connectivity index (χ0) is 25.7. The lowest BCUT2D eigenvalue weighted by Gasteiger charge is -2.13. The minimum atomic E-state index is -1.20. The lowest BCUT2D eigenvalue weighted by Crippen LogP contribution is -2.10. The van der Waals surface area contributed by atoms with Crippen molar-refractivity contribution in [2.75, 3.05) is 11.5 Å². The normalized spacial score (nSPS) is 12.4. The van der Waals surface area contributed by atoms with Gasteiger partial charge in [-0.1, -0.05) is 6.07 Å². The van der Waals surface area contributed by atoms with Crippen molar-refractivity contribution >= 4 is 23.4 Å². The molecular formula is C26H18F4N4O2. The number of ketones is 1. The molecule has 0 bridgehead atoms. The van der Waals surface area contributed by atoms with Crippen LogP contribution in [0.4, 0.5) is 29.1 Å². The summed E-state index contributed by atoms with van der Waals surface area (Å²) in [7, 11) is 0. The summed E-state index contributed by atoms with van der Waals surface area (Å²) in [4.78, 5) is 13.1. The largest absolute Gasteiger partial charge is 0.454 e. The summed E-state index contributed by atoms with van der Waals surface area (Å²) in [5.41, 5.74) is 13.7. The van der Waals surface area contributed by atoms with Crippen molar-refractivity contribution in [1.82, 2.24) is 9.78 Å². The molecular weight excluding hydrogens is 476 g/mol. The molecule has 0 atom stereocenters. The van der Waals surface area contributed by atoms with E-state index in [1.807, 2.05) is 0 Å². The van der Waals surface area contributed by atoms with Gasteiger partial charge in [-0.25, -0.2) is 17.9 Å². The number of halogens is 4. The number of Topliss-reactive ketones (excluding diaryl/α,β-unsaturated/α-hetero) is 1. The molecule has 1 aliphatic rings. The smallest absolute Gasteiger partial charge is 0.201 e.